The van der Waals surface area contributed by atoms with Crippen molar-refractivity contribution in [2.24, 2.45) is 0 Å². The molecular formula is C21H23N5O2S. The van der Waals surface area contributed by atoms with E-state index in [0.29, 0.717) is 6.61 Å². The van der Waals surface area contributed by atoms with Crippen LogP contribution in [-0.4, -0.2) is 46.6 Å². The van der Waals surface area contributed by atoms with Crippen molar-refractivity contribution in [3.8, 4) is 0 Å². The lowest BCUT2D eigenvalue weighted by Crippen LogP contribution is -2.41. The highest BCUT2D eigenvalue weighted by atomic mass is 32.1. The molecule has 1 atom stereocenters. The molecule has 4 aromatic rings. The summed E-state index contributed by atoms with van der Waals surface area (Å²) in [6.45, 7) is 2.68. The molecular weight excluding hydrogens is 386 g/mol. The summed E-state index contributed by atoms with van der Waals surface area (Å²) in [6.07, 6.45) is 6.16. The maximum atomic E-state index is 5.87. The number of nitrogens with zero attached hydrogens (tertiary/aromatic N) is 3. The zero-order valence-electron chi connectivity index (χ0n) is 16.7. The summed E-state index contributed by atoms with van der Waals surface area (Å²) in [5.74, 6) is 0.857. The predicted molar refractivity (Wildman–Crippen MR) is 115 cm³/mol. The normalized spacial score (nSPS) is 19.0. The molecule has 8 heteroatoms. The minimum absolute atomic E-state index is 0.257. The van der Waals surface area contributed by atoms with Crippen molar-refractivity contribution >= 4 is 44.0 Å². The second kappa shape index (κ2) is 7.05. The average molecular weight is 410 g/mol. The number of aromatic amines is 1. The van der Waals surface area contributed by atoms with E-state index in [1.165, 1.54) is 10.4 Å². The molecule has 1 aromatic carbocycles. The summed E-state index contributed by atoms with van der Waals surface area (Å²) in [7, 11) is 3.51. The maximum Gasteiger partial charge on any atom is 0.142 e. The highest BCUT2D eigenvalue weighted by molar-refractivity contribution is 7.19. The van der Waals surface area contributed by atoms with E-state index >= 15 is 0 Å². The van der Waals surface area contributed by atoms with Crippen LogP contribution in [0, 0.1) is 6.92 Å². The first-order valence-electron chi connectivity index (χ1n) is 9.62. The summed E-state index contributed by atoms with van der Waals surface area (Å²) in [6, 6.07) is 4.21. The SMILES string of the molecule is COC[C@]1(OC)CCc2c(sc3ncnc(Nc4cc5cn[nH]c5cc4C)c23)C1. The second-order valence-electron chi connectivity index (χ2n) is 7.65. The van der Waals surface area contributed by atoms with Gasteiger partial charge in [-0.3, -0.25) is 5.10 Å². The molecule has 0 spiro atoms. The van der Waals surface area contributed by atoms with Gasteiger partial charge in [0.25, 0.3) is 0 Å². The van der Waals surface area contributed by atoms with Gasteiger partial charge >= 0.3 is 0 Å². The summed E-state index contributed by atoms with van der Waals surface area (Å²) in [4.78, 5) is 11.5. The molecule has 2 N–H and O–H groups in total. The molecule has 5 rings (SSSR count). The third kappa shape index (κ3) is 3.08. The molecule has 1 aliphatic rings. The number of aryl methyl sites for hydroxylation is 2. The van der Waals surface area contributed by atoms with Gasteiger partial charge in [0, 0.05) is 36.6 Å². The fourth-order valence-corrected chi connectivity index (χ4v) is 5.57. The minimum atomic E-state index is -0.257. The number of H-pyrrole nitrogens is 1. The molecule has 3 aromatic heterocycles. The Bertz CT molecular complexity index is 1200. The molecule has 0 saturated heterocycles. The molecule has 7 nitrogen and oxygen atoms in total. The van der Waals surface area contributed by atoms with Crippen molar-refractivity contribution in [1.29, 1.82) is 0 Å². The van der Waals surface area contributed by atoms with Gasteiger partial charge in [-0.05, 0) is 43.0 Å². The number of nitrogens with one attached hydrogen (secondary N) is 2. The molecule has 0 aliphatic heterocycles. The summed E-state index contributed by atoms with van der Waals surface area (Å²) in [5, 5.41) is 12.9. The van der Waals surface area contributed by atoms with Crippen LogP contribution in [-0.2, 0) is 22.3 Å². The standard InChI is InChI=1S/C21H23N5O2S/c1-12-6-16-13(9-24-26-16)7-15(12)25-19-18-14-4-5-21(28-3,10-27-2)8-17(14)29-20(18)23-11-22-19/h6-7,9,11H,4-5,8,10H2,1-3H3,(H,24,26)(H,22,23,25)/t21-/m0/s1. The van der Waals surface area contributed by atoms with Crippen LogP contribution < -0.4 is 5.32 Å². The van der Waals surface area contributed by atoms with E-state index in [9.17, 15) is 0 Å². The Hall–Kier alpha value is -2.55. The van der Waals surface area contributed by atoms with Crippen molar-refractivity contribution < 1.29 is 9.47 Å². The number of methoxy groups -OCH3 is 2. The van der Waals surface area contributed by atoms with Crippen LogP contribution in [0.2, 0.25) is 0 Å². The van der Waals surface area contributed by atoms with Crippen LogP contribution in [0.25, 0.3) is 21.1 Å². The van der Waals surface area contributed by atoms with Crippen LogP contribution >= 0.6 is 11.3 Å². The summed E-state index contributed by atoms with van der Waals surface area (Å²) < 4.78 is 11.3. The van der Waals surface area contributed by atoms with Gasteiger partial charge in [-0.1, -0.05) is 0 Å². The van der Waals surface area contributed by atoms with E-state index in [1.807, 2.05) is 6.20 Å². The third-order valence-corrected chi connectivity index (χ3v) is 7.00. The van der Waals surface area contributed by atoms with E-state index in [1.54, 1.807) is 31.9 Å². The van der Waals surface area contributed by atoms with Crippen molar-refractivity contribution in [2.75, 3.05) is 26.1 Å². The average Bonchev–Trinajstić information content (AvgIpc) is 3.32. The Morgan fingerprint density at radius 3 is 3.00 bits per heavy atom. The van der Waals surface area contributed by atoms with Gasteiger partial charge in [-0.25, -0.2) is 9.97 Å². The van der Waals surface area contributed by atoms with Crippen LogP contribution in [0.4, 0.5) is 11.5 Å². The largest absolute Gasteiger partial charge is 0.382 e. The Kier molecular flexibility index (Phi) is 4.49. The number of anilines is 2. The van der Waals surface area contributed by atoms with E-state index in [4.69, 9.17) is 9.47 Å². The fraction of sp³-hybridized carbons (Fsp3) is 0.381. The number of rotatable bonds is 5. The van der Waals surface area contributed by atoms with Crippen LogP contribution in [0.5, 0.6) is 0 Å². The monoisotopic (exact) mass is 409 g/mol. The molecule has 0 radical (unpaired) electrons. The first kappa shape index (κ1) is 18.5. The molecule has 0 fully saturated rings. The smallest absolute Gasteiger partial charge is 0.142 e. The quantitative estimate of drug-likeness (QED) is 0.515. The molecule has 0 amide bonds. The number of hydrogen-bond acceptors (Lipinski definition) is 7. The first-order valence-corrected chi connectivity index (χ1v) is 10.4. The van der Waals surface area contributed by atoms with Crippen LogP contribution in [0.1, 0.15) is 22.4 Å². The molecule has 0 saturated carbocycles. The molecule has 0 unspecified atom stereocenters. The molecule has 3 heterocycles. The molecule has 0 bridgehead atoms. The van der Waals surface area contributed by atoms with E-state index in [0.717, 1.165) is 57.5 Å². The first-order chi connectivity index (χ1) is 14.1. The van der Waals surface area contributed by atoms with Crippen LogP contribution in [0.3, 0.4) is 0 Å². The molecule has 150 valence electrons. The highest BCUT2D eigenvalue weighted by Gasteiger charge is 2.37. The maximum absolute atomic E-state index is 5.87. The topological polar surface area (TPSA) is 84.9 Å². The number of ether oxygens (including phenoxy) is 2. The second-order valence-corrected chi connectivity index (χ2v) is 8.74. The zero-order chi connectivity index (χ0) is 20.0. The lowest BCUT2D eigenvalue weighted by molar-refractivity contribution is -0.0714. The number of hydrogen-bond donors (Lipinski definition) is 2. The zero-order valence-corrected chi connectivity index (χ0v) is 17.5. The van der Waals surface area contributed by atoms with Gasteiger partial charge in [0.15, 0.2) is 0 Å². The summed E-state index contributed by atoms with van der Waals surface area (Å²) in [5.41, 5.74) is 4.27. The van der Waals surface area contributed by atoms with E-state index < -0.39 is 0 Å². The van der Waals surface area contributed by atoms with Gasteiger partial charge < -0.3 is 14.8 Å². The predicted octanol–water partition coefficient (Wildman–Crippen LogP) is 4.14. The van der Waals surface area contributed by atoms with Crippen LogP contribution in [0.15, 0.2) is 24.7 Å². The van der Waals surface area contributed by atoms with E-state index in [-0.39, 0.29) is 5.60 Å². The Morgan fingerprint density at radius 2 is 2.17 bits per heavy atom. The summed E-state index contributed by atoms with van der Waals surface area (Å²) >= 11 is 1.73. The Balaban J connectivity index is 1.56. The van der Waals surface area contributed by atoms with Gasteiger partial charge in [-0.2, -0.15) is 5.10 Å². The minimum Gasteiger partial charge on any atom is -0.382 e. The van der Waals surface area contributed by atoms with Gasteiger partial charge in [0.1, 0.15) is 17.0 Å². The van der Waals surface area contributed by atoms with Gasteiger partial charge in [0.05, 0.1) is 29.3 Å². The van der Waals surface area contributed by atoms with Gasteiger partial charge in [-0.15, -0.1) is 11.3 Å². The van der Waals surface area contributed by atoms with Crippen molar-refractivity contribution in [3.63, 3.8) is 0 Å². The van der Waals surface area contributed by atoms with E-state index in [2.05, 4.69) is 44.5 Å². The van der Waals surface area contributed by atoms with Gasteiger partial charge in [0.2, 0.25) is 0 Å². The van der Waals surface area contributed by atoms with Crippen molar-refractivity contribution in [1.82, 2.24) is 20.2 Å². The Labute approximate surface area is 172 Å². The Morgan fingerprint density at radius 1 is 1.28 bits per heavy atom. The number of fused-ring (bicyclic) bond motifs is 4. The fourth-order valence-electron chi connectivity index (χ4n) is 4.25. The number of aromatic nitrogens is 4. The highest BCUT2D eigenvalue weighted by Crippen LogP contribution is 2.42. The molecule has 1 aliphatic carbocycles. The van der Waals surface area contributed by atoms with Crippen molar-refractivity contribution in [3.05, 3.63) is 40.7 Å². The third-order valence-electron chi connectivity index (χ3n) is 5.86. The molecule has 29 heavy (non-hydrogen) atoms. The number of thiophene rings is 1. The number of benzene rings is 1. The lowest BCUT2D eigenvalue weighted by Gasteiger charge is -2.35. The lowest BCUT2D eigenvalue weighted by atomic mass is 9.84. The van der Waals surface area contributed by atoms with Crippen molar-refractivity contribution in [2.45, 2.75) is 31.8 Å².